The first kappa shape index (κ1) is 12.9. The van der Waals surface area contributed by atoms with Crippen molar-refractivity contribution in [3.05, 3.63) is 40.6 Å². The van der Waals surface area contributed by atoms with Crippen LogP contribution in [0.2, 0.25) is 0 Å². The number of nitrogens with zero attached hydrogens (tertiary/aromatic N) is 2. The van der Waals surface area contributed by atoms with Crippen molar-refractivity contribution < 1.29 is 0 Å². The Hall–Kier alpha value is -1.19. The van der Waals surface area contributed by atoms with Crippen LogP contribution in [0, 0.1) is 12.3 Å². The van der Waals surface area contributed by atoms with Crippen LogP contribution in [-0.2, 0) is 0 Å². The highest BCUT2D eigenvalue weighted by Crippen LogP contribution is 2.18. The maximum Gasteiger partial charge on any atom is 0.149 e. The zero-order chi connectivity index (χ0) is 12.1. The summed E-state index contributed by atoms with van der Waals surface area (Å²) in [6, 6.07) is 7.52. The molecule has 0 saturated heterocycles. The van der Waals surface area contributed by atoms with Gasteiger partial charge < -0.3 is 0 Å². The average Bonchev–Trinajstić information content (AvgIpc) is 2.20. The molecular weight excluding hydrogens is 245 g/mol. The van der Waals surface area contributed by atoms with Crippen LogP contribution in [0.4, 0.5) is 5.69 Å². The minimum Gasteiger partial charge on any atom is -0.287 e. The molecule has 0 atom stereocenters. The fourth-order valence-corrected chi connectivity index (χ4v) is 1.34. The van der Waals surface area contributed by atoms with Crippen molar-refractivity contribution in [1.29, 1.82) is 5.41 Å². The fourth-order valence-electron chi connectivity index (χ4n) is 0.983. The Morgan fingerprint density at radius 2 is 1.75 bits per heavy atom. The lowest BCUT2D eigenvalue weighted by atomic mass is 10.2. The van der Waals surface area contributed by atoms with Crippen LogP contribution in [0.1, 0.15) is 12.5 Å². The molecule has 1 aromatic carbocycles. The number of rotatable bonds is 3. The van der Waals surface area contributed by atoms with E-state index in [9.17, 15) is 0 Å². The number of benzene rings is 1. The molecule has 1 rings (SSSR count). The SMILES string of the molecule is C/C(Cl)=C(/N=Nc1ccc(C)cc1)C(=N)Cl. The summed E-state index contributed by atoms with van der Waals surface area (Å²) in [5, 5.41) is 15.2. The van der Waals surface area contributed by atoms with Gasteiger partial charge in [0.05, 0.1) is 5.69 Å². The van der Waals surface area contributed by atoms with E-state index >= 15 is 0 Å². The lowest BCUT2D eigenvalue weighted by molar-refractivity contribution is 1.17. The van der Waals surface area contributed by atoms with E-state index in [1.54, 1.807) is 6.92 Å². The maximum absolute atomic E-state index is 7.25. The van der Waals surface area contributed by atoms with Gasteiger partial charge in [-0.3, -0.25) is 5.41 Å². The standard InChI is InChI=1S/C11H11Cl2N3/c1-7-3-5-9(6-4-7)15-16-10(8(2)12)11(13)14/h3-6,14H,1-2H3/b10-8-,14-11?,16-15?. The molecule has 0 fully saturated rings. The van der Waals surface area contributed by atoms with Gasteiger partial charge in [0, 0.05) is 5.03 Å². The largest absolute Gasteiger partial charge is 0.287 e. The van der Waals surface area contributed by atoms with Crippen LogP contribution in [0.3, 0.4) is 0 Å². The van der Waals surface area contributed by atoms with Crippen LogP contribution in [-0.4, -0.2) is 5.17 Å². The summed E-state index contributed by atoms with van der Waals surface area (Å²) in [5.41, 5.74) is 2.02. The molecule has 0 bridgehead atoms. The summed E-state index contributed by atoms with van der Waals surface area (Å²) in [5.74, 6) is 0. The summed E-state index contributed by atoms with van der Waals surface area (Å²) in [6.07, 6.45) is 0. The van der Waals surface area contributed by atoms with Gasteiger partial charge in [-0.25, -0.2) is 0 Å². The third-order valence-corrected chi connectivity index (χ3v) is 2.19. The topological polar surface area (TPSA) is 48.6 Å². The van der Waals surface area contributed by atoms with Crippen molar-refractivity contribution in [2.45, 2.75) is 13.8 Å². The summed E-state index contributed by atoms with van der Waals surface area (Å²) >= 11 is 11.2. The second-order valence-corrected chi connectivity index (χ2v) is 4.18. The van der Waals surface area contributed by atoms with E-state index < -0.39 is 0 Å². The van der Waals surface area contributed by atoms with Gasteiger partial charge in [-0.1, -0.05) is 40.9 Å². The summed E-state index contributed by atoms with van der Waals surface area (Å²) < 4.78 is 0. The molecule has 0 aliphatic rings. The van der Waals surface area contributed by atoms with Gasteiger partial charge >= 0.3 is 0 Å². The molecule has 0 unspecified atom stereocenters. The summed E-state index contributed by atoms with van der Waals surface area (Å²) in [6.45, 7) is 3.60. The normalized spacial score (nSPS) is 12.8. The fraction of sp³-hybridized carbons (Fsp3) is 0.182. The Morgan fingerprint density at radius 3 is 2.19 bits per heavy atom. The first-order chi connectivity index (χ1) is 7.50. The highest BCUT2D eigenvalue weighted by molar-refractivity contribution is 6.69. The third kappa shape index (κ3) is 3.76. The molecule has 5 heteroatoms. The van der Waals surface area contributed by atoms with Crippen molar-refractivity contribution in [3.8, 4) is 0 Å². The van der Waals surface area contributed by atoms with E-state index in [4.69, 9.17) is 28.6 Å². The van der Waals surface area contributed by atoms with Crippen LogP contribution in [0.25, 0.3) is 0 Å². The number of aryl methyl sites for hydroxylation is 1. The molecule has 0 radical (unpaired) electrons. The van der Waals surface area contributed by atoms with Crippen LogP contribution in [0.15, 0.2) is 45.2 Å². The molecule has 0 spiro atoms. The molecule has 0 saturated carbocycles. The van der Waals surface area contributed by atoms with Gasteiger partial charge in [0.2, 0.25) is 0 Å². The predicted octanol–water partition coefficient (Wildman–Crippen LogP) is 4.77. The van der Waals surface area contributed by atoms with Crippen molar-refractivity contribution in [3.63, 3.8) is 0 Å². The minimum absolute atomic E-state index is 0.184. The first-order valence-electron chi connectivity index (χ1n) is 4.60. The second-order valence-electron chi connectivity index (χ2n) is 3.23. The third-order valence-electron chi connectivity index (χ3n) is 1.83. The average molecular weight is 256 g/mol. The minimum atomic E-state index is -0.219. The lowest BCUT2D eigenvalue weighted by Crippen LogP contribution is -1.89. The molecule has 0 aliphatic heterocycles. The zero-order valence-electron chi connectivity index (χ0n) is 8.96. The van der Waals surface area contributed by atoms with Crippen LogP contribution >= 0.6 is 23.2 Å². The Kier molecular flexibility index (Phi) is 4.65. The van der Waals surface area contributed by atoms with E-state index in [1.807, 2.05) is 31.2 Å². The predicted molar refractivity (Wildman–Crippen MR) is 67.8 cm³/mol. The second kappa shape index (κ2) is 5.77. The molecule has 0 aliphatic carbocycles. The molecule has 0 heterocycles. The maximum atomic E-state index is 7.25. The van der Waals surface area contributed by atoms with Crippen molar-refractivity contribution in [2.75, 3.05) is 0 Å². The number of azo groups is 1. The number of halogens is 2. The Morgan fingerprint density at radius 1 is 1.19 bits per heavy atom. The number of allylic oxidation sites excluding steroid dienone is 2. The number of nitrogens with one attached hydrogen (secondary N) is 1. The molecule has 1 aromatic rings. The van der Waals surface area contributed by atoms with Gasteiger partial charge in [-0.05, 0) is 26.0 Å². The smallest absolute Gasteiger partial charge is 0.149 e. The highest BCUT2D eigenvalue weighted by Gasteiger charge is 2.04. The quantitative estimate of drug-likeness (QED) is 0.598. The van der Waals surface area contributed by atoms with Gasteiger partial charge in [0.25, 0.3) is 0 Å². The van der Waals surface area contributed by atoms with Gasteiger partial charge in [0.1, 0.15) is 10.9 Å². The molecular formula is C11H11Cl2N3. The monoisotopic (exact) mass is 255 g/mol. The molecule has 16 heavy (non-hydrogen) atoms. The lowest BCUT2D eigenvalue weighted by Gasteiger charge is -1.97. The zero-order valence-corrected chi connectivity index (χ0v) is 10.5. The summed E-state index contributed by atoms with van der Waals surface area (Å²) in [7, 11) is 0. The van der Waals surface area contributed by atoms with Gasteiger partial charge in [0.15, 0.2) is 0 Å². The van der Waals surface area contributed by atoms with Crippen LogP contribution < -0.4 is 0 Å². The van der Waals surface area contributed by atoms with E-state index in [0.29, 0.717) is 10.7 Å². The Bertz CT molecular complexity index is 443. The molecule has 84 valence electrons. The van der Waals surface area contributed by atoms with Crippen molar-refractivity contribution >= 4 is 34.1 Å². The first-order valence-corrected chi connectivity index (χ1v) is 5.35. The molecule has 0 amide bonds. The van der Waals surface area contributed by atoms with E-state index in [2.05, 4.69) is 10.2 Å². The number of hydrogen-bond acceptors (Lipinski definition) is 3. The van der Waals surface area contributed by atoms with Gasteiger partial charge in [-0.2, -0.15) is 5.11 Å². The van der Waals surface area contributed by atoms with Crippen molar-refractivity contribution in [1.82, 2.24) is 0 Å². The van der Waals surface area contributed by atoms with Crippen LogP contribution in [0.5, 0.6) is 0 Å². The van der Waals surface area contributed by atoms with Crippen molar-refractivity contribution in [2.24, 2.45) is 10.2 Å². The Balaban J connectivity index is 2.92. The van der Waals surface area contributed by atoms with E-state index in [1.165, 1.54) is 0 Å². The molecule has 1 N–H and O–H groups in total. The number of hydrogen-bond donors (Lipinski definition) is 1. The molecule has 0 aromatic heterocycles. The van der Waals surface area contributed by atoms with E-state index in [0.717, 1.165) is 5.56 Å². The van der Waals surface area contributed by atoms with Gasteiger partial charge in [-0.15, -0.1) is 5.11 Å². The Labute approximate surface area is 104 Å². The highest BCUT2D eigenvalue weighted by atomic mass is 35.5. The molecule has 3 nitrogen and oxygen atoms in total. The summed E-state index contributed by atoms with van der Waals surface area (Å²) in [4.78, 5) is 0. The van der Waals surface area contributed by atoms with E-state index in [-0.39, 0.29) is 10.9 Å².